The molecule has 0 saturated heterocycles. The van der Waals surface area contributed by atoms with Gasteiger partial charge in [-0.15, -0.1) is 23.7 Å². The van der Waals surface area contributed by atoms with Gasteiger partial charge in [0.2, 0.25) is 5.91 Å². The summed E-state index contributed by atoms with van der Waals surface area (Å²) in [7, 11) is 4.04. The Morgan fingerprint density at radius 2 is 2.09 bits per heavy atom. The number of halogens is 1. The van der Waals surface area contributed by atoms with Crippen LogP contribution in [0.15, 0.2) is 41.8 Å². The van der Waals surface area contributed by atoms with Crippen molar-refractivity contribution in [1.82, 2.24) is 10.2 Å². The number of thiophene rings is 1. The van der Waals surface area contributed by atoms with Crippen molar-refractivity contribution >= 4 is 35.3 Å². The molecule has 1 amide bonds. The van der Waals surface area contributed by atoms with Gasteiger partial charge in [-0.3, -0.25) is 4.79 Å². The molecule has 120 valence electrons. The molecular formula is C16H22ClN3OS. The van der Waals surface area contributed by atoms with Crippen molar-refractivity contribution in [1.29, 1.82) is 0 Å². The third-order valence-corrected chi connectivity index (χ3v) is 4.28. The van der Waals surface area contributed by atoms with E-state index in [0.717, 1.165) is 5.56 Å². The zero-order chi connectivity index (χ0) is 15.2. The van der Waals surface area contributed by atoms with E-state index in [1.165, 1.54) is 4.88 Å². The molecule has 0 saturated carbocycles. The molecule has 0 aliphatic heterocycles. The van der Waals surface area contributed by atoms with E-state index in [4.69, 9.17) is 5.73 Å². The highest BCUT2D eigenvalue weighted by Gasteiger charge is 2.16. The molecule has 1 heterocycles. The molecule has 0 radical (unpaired) electrons. The van der Waals surface area contributed by atoms with E-state index in [1.807, 2.05) is 44.4 Å². The molecule has 0 aliphatic carbocycles. The number of carbonyl (C=O) groups is 1. The van der Waals surface area contributed by atoms with Crippen molar-refractivity contribution in [3.8, 4) is 0 Å². The highest BCUT2D eigenvalue weighted by Crippen LogP contribution is 2.22. The number of carbonyl (C=O) groups excluding carboxylic acids is 1. The van der Waals surface area contributed by atoms with Gasteiger partial charge in [0.25, 0.3) is 0 Å². The fourth-order valence-electron chi connectivity index (χ4n) is 2.18. The summed E-state index contributed by atoms with van der Waals surface area (Å²) in [5.41, 5.74) is 7.34. The minimum Gasteiger partial charge on any atom is -0.399 e. The Morgan fingerprint density at radius 3 is 2.68 bits per heavy atom. The molecule has 2 rings (SSSR count). The second-order valence-corrected chi connectivity index (χ2v) is 6.20. The zero-order valence-electron chi connectivity index (χ0n) is 12.8. The lowest BCUT2D eigenvalue weighted by Crippen LogP contribution is -2.34. The first-order chi connectivity index (χ1) is 10.1. The number of hydrogen-bond acceptors (Lipinski definition) is 4. The van der Waals surface area contributed by atoms with Gasteiger partial charge in [-0.1, -0.05) is 18.2 Å². The molecule has 0 aliphatic rings. The summed E-state index contributed by atoms with van der Waals surface area (Å²) in [6.07, 6.45) is 0.357. The summed E-state index contributed by atoms with van der Waals surface area (Å²) >= 11 is 1.71. The molecule has 1 aromatic carbocycles. The summed E-state index contributed by atoms with van der Waals surface area (Å²) in [5.74, 6) is 0.0176. The van der Waals surface area contributed by atoms with Gasteiger partial charge in [0.1, 0.15) is 0 Å². The number of nitrogens with two attached hydrogens (primary N) is 1. The Hall–Kier alpha value is -1.56. The van der Waals surface area contributed by atoms with Gasteiger partial charge in [-0.25, -0.2) is 0 Å². The van der Waals surface area contributed by atoms with Crippen LogP contribution in [0.4, 0.5) is 5.69 Å². The molecule has 1 aromatic heterocycles. The standard InChI is InChI=1S/C16H21N3OS.ClH/c1-19(2)14(15-7-4-8-21-15)11-18-16(20)10-12-5-3-6-13(17)9-12;/h3-9,14H,10-11,17H2,1-2H3,(H,18,20);1H. The lowest BCUT2D eigenvalue weighted by molar-refractivity contribution is -0.120. The van der Waals surface area contributed by atoms with Crippen LogP contribution >= 0.6 is 23.7 Å². The Labute approximate surface area is 141 Å². The van der Waals surface area contributed by atoms with Crippen LogP contribution in [0.25, 0.3) is 0 Å². The van der Waals surface area contributed by atoms with Crippen LogP contribution in [0.1, 0.15) is 16.5 Å². The second-order valence-electron chi connectivity index (χ2n) is 5.22. The van der Waals surface area contributed by atoms with Crippen molar-refractivity contribution in [3.05, 3.63) is 52.2 Å². The molecule has 1 atom stereocenters. The molecule has 3 N–H and O–H groups in total. The predicted octanol–water partition coefficient (Wildman–Crippen LogP) is 2.71. The normalized spacial score (nSPS) is 11.8. The molecule has 22 heavy (non-hydrogen) atoms. The predicted molar refractivity (Wildman–Crippen MR) is 95.6 cm³/mol. The summed E-state index contributed by atoms with van der Waals surface area (Å²) in [4.78, 5) is 15.4. The summed E-state index contributed by atoms with van der Waals surface area (Å²) < 4.78 is 0. The van der Waals surface area contributed by atoms with Crippen molar-refractivity contribution < 1.29 is 4.79 Å². The number of benzene rings is 1. The number of amides is 1. The van der Waals surface area contributed by atoms with E-state index < -0.39 is 0 Å². The molecule has 2 aromatic rings. The van der Waals surface area contributed by atoms with Crippen LogP contribution in [0.2, 0.25) is 0 Å². The lowest BCUT2D eigenvalue weighted by Gasteiger charge is -2.23. The first-order valence-corrected chi connectivity index (χ1v) is 7.75. The first kappa shape index (κ1) is 18.5. The van der Waals surface area contributed by atoms with Gasteiger partial charge in [0.05, 0.1) is 12.5 Å². The van der Waals surface area contributed by atoms with Gasteiger partial charge >= 0.3 is 0 Å². The lowest BCUT2D eigenvalue weighted by atomic mass is 10.1. The smallest absolute Gasteiger partial charge is 0.224 e. The number of hydrogen-bond donors (Lipinski definition) is 2. The topological polar surface area (TPSA) is 58.4 Å². The molecule has 6 heteroatoms. The fraction of sp³-hybridized carbons (Fsp3) is 0.312. The van der Waals surface area contributed by atoms with E-state index in [0.29, 0.717) is 18.7 Å². The maximum Gasteiger partial charge on any atom is 0.224 e. The molecule has 4 nitrogen and oxygen atoms in total. The van der Waals surface area contributed by atoms with Crippen LogP contribution in [0.5, 0.6) is 0 Å². The van der Waals surface area contributed by atoms with Crippen LogP contribution in [-0.2, 0) is 11.2 Å². The Bertz CT molecular complexity index is 587. The van der Waals surface area contributed by atoms with E-state index >= 15 is 0 Å². The van der Waals surface area contributed by atoms with Crippen molar-refractivity contribution in [3.63, 3.8) is 0 Å². The highest BCUT2D eigenvalue weighted by molar-refractivity contribution is 7.10. The van der Waals surface area contributed by atoms with Gasteiger partial charge in [0, 0.05) is 17.1 Å². The minimum absolute atomic E-state index is 0. The maximum absolute atomic E-state index is 12.1. The number of rotatable bonds is 6. The molecule has 0 bridgehead atoms. The molecule has 0 spiro atoms. The van der Waals surface area contributed by atoms with Gasteiger partial charge in [-0.05, 0) is 43.2 Å². The van der Waals surface area contributed by atoms with E-state index in [1.54, 1.807) is 11.3 Å². The van der Waals surface area contributed by atoms with Gasteiger partial charge in [0.15, 0.2) is 0 Å². The number of anilines is 1. The van der Waals surface area contributed by atoms with Crippen molar-refractivity contribution in [2.24, 2.45) is 0 Å². The molecule has 0 fully saturated rings. The monoisotopic (exact) mass is 339 g/mol. The second kappa shape index (κ2) is 8.78. The Balaban J connectivity index is 0.00000242. The third kappa shape index (κ3) is 5.33. The average Bonchev–Trinajstić information content (AvgIpc) is 2.92. The van der Waals surface area contributed by atoms with E-state index in [-0.39, 0.29) is 24.4 Å². The highest BCUT2D eigenvalue weighted by atomic mass is 35.5. The van der Waals surface area contributed by atoms with Crippen LogP contribution < -0.4 is 11.1 Å². The quantitative estimate of drug-likeness (QED) is 0.795. The van der Waals surface area contributed by atoms with E-state index in [2.05, 4.69) is 21.7 Å². The minimum atomic E-state index is 0. The largest absolute Gasteiger partial charge is 0.399 e. The fourth-order valence-corrected chi connectivity index (χ4v) is 3.10. The maximum atomic E-state index is 12.1. The first-order valence-electron chi connectivity index (χ1n) is 6.87. The summed E-state index contributed by atoms with van der Waals surface area (Å²) in [6.45, 7) is 0.606. The van der Waals surface area contributed by atoms with Crippen molar-refractivity contribution in [2.45, 2.75) is 12.5 Å². The summed E-state index contributed by atoms with van der Waals surface area (Å²) in [5, 5.41) is 5.06. The van der Waals surface area contributed by atoms with Gasteiger partial charge < -0.3 is 16.0 Å². The Morgan fingerprint density at radius 1 is 1.32 bits per heavy atom. The number of likely N-dealkylation sites (N-methyl/N-ethyl adjacent to an activating group) is 1. The van der Waals surface area contributed by atoms with Crippen LogP contribution in [-0.4, -0.2) is 31.4 Å². The average molecular weight is 340 g/mol. The van der Waals surface area contributed by atoms with Gasteiger partial charge in [-0.2, -0.15) is 0 Å². The third-order valence-electron chi connectivity index (χ3n) is 3.30. The van der Waals surface area contributed by atoms with Crippen molar-refractivity contribution in [2.75, 3.05) is 26.4 Å². The zero-order valence-corrected chi connectivity index (χ0v) is 14.4. The summed E-state index contributed by atoms with van der Waals surface area (Å²) in [6, 6.07) is 11.8. The molecule has 1 unspecified atom stereocenters. The van der Waals surface area contributed by atoms with Crippen LogP contribution in [0.3, 0.4) is 0 Å². The van der Waals surface area contributed by atoms with Crippen LogP contribution in [0, 0.1) is 0 Å². The number of nitrogens with zero attached hydrogens (tertiary/aromatic N) is 1. The number of nitrogens with one attached hydrogen (secondary N) is 1. The SMILES string of the molecule is CN(C)C(CNC(=O)Cc1cccc(N)c1)c1cccs1.Cl. The molecular weight excluding hydrogens is 318 g/mol. The Kier molecular flexibility index (Phi) is 7.38. The number of nitrogen functional groups attached to an aromatic ring is 1. The van der Waals surface area contributed by atoms with E-state index in [9.17, 15) is 4.79 Å².